The first-order valence-electron chi connectivity index (χ1n) is 17.3. The molecule has 0 aliphatic rings. The molecule has 0 aliphatic carbocycles. The summed E-state index contributed by atoms with van der Waals surface area (Å²) in [6, 6.07) is 36.4. The molecule has 3 aromatic heterocycles. The number of pyridine rings is 1. The van der Waals surface area contributed by atoms with Gasteiger partial charge < -0.3 is 4.74 Å². The van der Waals surface area contributed by atoms with Gasteiger partial charge in [-0.3, -0.25) is 4.57 Å². The smallest absolute Gasteiger partial charge is 0.137 e. The van der Waals surface area contributed by atoms with Gasteiger partial charge in [-0.05, 0) is 104 Å². The Bertz CT molecular complexity index is 2220. The number of rotatable bonds is 10. The van der Waals surface area contributed by atoms with Gasteiger partial charge in [0.15, 0.2) is 0 Å². The lowest BCUT2D eigenvalue weighted by molar-refractivity contribution is 0.482. The Hall–Kier alpha value is -5.16. The van der Waals surface area contributed by atoms with Crippen LogP contribution in [0.15, 0.2) is 109 Å². The molecule has 48 heavy (non-hydrogen) atoms. The van der Waals surface area contributed by atoms with Crippen molar-refractivity contribution in [2.45, 2.75) is 66.7 Å². The Morgan fingerprint density at radius 1 is 0.750 bits per heavy atom. The average molecular weight is 633 g/mol. The average Bonchev–Trinajstić information content (AvgIpc) is 3.59. The predicted octanol–water partition coefficient (Wildman–Crippen LogP) is 11.5. The number of ether oxygens (including phenoxy) is 1. The zero-order valence-corrected chi connectivity index (χ0v) is 28.9. The van der Waals surface area contributed by atoms with Crippen molar-refractivity contribution in [3.8, 4) is 34.1 Å². The van der Waals surface area contributed by atoms with Crippen LogP contribution in [-0.4, -0.2) is 19.3 Å². The third-order valence-electron chi connectivity index (χ3n) is 9.80. The van der Waals surface area contributed by atoms with Crippen LogP contribution in [-0.2, 0) is 6.42 Å². The van der Waals surface area contributed by atoms with Gasteiger partial charge in [-0.15, -0.1) is 0 Å². The zero-order chi connectivity index (χ0) is 33.4. The van der Waals surface area contributed by atoms with Crippen LogP contribution in [0.3, 0.4) is 0 Å². The van der Waals surface area contributed by atoms with Crippen LogP contribution in [0.25, 0.3) is 44.4 Å². The lowest BCUT2D eigenvalue weighted by Crippen LogP contribution is -2.02. The zero-order valence-electron chi connectivity index (χ0n) is 28.9. The first-order valence-corrected chi connectivity index (χ1v) is 17.3. The van der Waals surface area contributed by atoms with Gasteiger partial charge in [0.05, 0.1) is 22.4 Å². The molecule has 7 aromatic rings. The van der Waals surface area contributed by atoms with Crippen LogP contribution in [0.2, 0.25) is 0 Å². The minimum absolute atomic E-state index is 0.462. The minimum atomic E-state index is 0.462. The number of fused-ring (bicyclic) bond motifs is 3. The van der Waals surface area contributed by atoms with E-state index in [1.54, 1.807) is 0 Å². The van der Waals surface area contributed by atoms with Crippen molar-refractivity contribution >= 4 is 21.8 Å². The SMILES string of the molecule is CCCCc1ccnc(-n2c3ccc(C(C)C(C)C)cc3c3ccc(Oc4cccc(-n5nc(C)c(-c6ccccc6)c5C)c4)cc32)c1. The molecule has 0 fully saturated rings. The molecule has 7 rings (SSSR count). The number of aromatic nitrogens is 4. The summed E-state index contributed by atoms with van der Waals surface area (Å²) in [6.07, 6.45) is 5.32. The lowest BCUT2D eigenvalue weighted by Gasteiger charge is -2.16. The molecule has 0 amide bonds. The fraction of sp³-hybridized carbons (Fsp3) is 0.256. The van der Waals surface area contributed by atoms with Crippen LogP contribution >= 0.6 is 0 Å². The topological polar surface area (TPSA) is 44.9 Å². The van der Waals surface area contributed by atoms with Crippen LogP contribution in [0.4, 0.5) is 0 Å². The van der Waals surface area contributed by atoms with Gasteiger partial charge >= 0.3 is 0 Å². The molecule has 0 aliphatic heterocycles. The third-order valence-corrected chi connectivity index (χ3v) is 9.80. The lowest BCUT2D eigenvalue weighted by atomic mass is 9.89. The van der Waals surface area contributed by atoms with Crippen molar-refractivity contribution in [2.24, 2.45) is 5.92 Å². The summed E-state index contributed by atoms with van der Waals surface area (Å²) in [6.45, 7) is 13.3. The number of unbranched alkanes of at least 4 members (excludes halogenated alkanes) is 1. The first-order chi connectivity index (χ1) is 23.3. The molecule has 0 radical (unpaired) electrons. The predicted molar refractivity (Wildman–Crippen MR) is 199 cm³/mol. The Morgan fingerprint density at radius 3 is 2.35 bits per heavy atom. The monoisotopic (exact) mass is 632 g/mol. The number of nitrogens with zero attached hydrogens (tertiary/aromatic N) is 4. The minimum Gasteiger partial charge on any atom is -0.457 e. The fourth-order valence-electron chi connectivity index (χ4n) is 6.85. The maximum atomic E-state index is 6.59. The Kier molecular flexibility index (Phi) is 8.62. The molecular formula is C43H44N4O. The highest BCUT2D eigenvalue weighted by Gasteiger charge is 2.19. The summed E-state index contributed by atoms with van der Waals surface area (Å²) in [5, 5.41) is 7.36. The van der Waals surface area contributed by atoms with Gasteiger partial charge in [0.25, 0.3) is 0 Å². The molecular weight excluding hydrogens is 589 g/mol. The summed E-state index contributed by atoms with van der Waals surface area (Å²) in [5.74, 6) is 3.49. The Morgan fingerprint density at radius 2 is 1.56 bits per heavy atom. The fourth-order valence-corrected chi connectivity index (χ4v) is 6.85. The molecule has 242 valence electrons. The van der Waals surface area contributed by atoms with E-state index in [2.05, 4.69) is 131 Å². The van der Waals surface area contributed by atoms with E-state index >= 15 is 0 Å². The number of benzene rings is 4. The van der Waals surface area contributed by atoms with E-state index in [9.17, 15) is 0 Å². The summed E-state index contributed by atoms with van der Waals surface area (Å²) in [5.41, 5.74) is 10.3. The number of hydrogen-bond acceptors (Lipinski definition) is 3. The van der Waals surface area contributed by atoms with Crippen LogP contribution < -0.4 is 4.74 Å². The van der Waals surface area contributed by atoms with E-state index in [1.807, 2.05) is 29.1 Å². The van der Waals surface area contributed by atoms with Gasteiger partial charge in [-0.25, -0.2) is 9.67 Å². The van der Waals surface area contributed by atoms with Gasteiger partial charge in [0.1, 0.15) is 17.3 Å². The maximum Gasteiger partial charge on any atom is 0.137 e. The van der Waals surface area contributed by atoms with Crippen molar-refractivity contribution < 1.29 is 4.74 Å². The molecule has 0 saturated carbocycles. The number of aryl methyl sites for hydroxylation is 2. The van der Waals surface area contributed by atoms with Crippen LogP contribution in [0, 0.1) is 19.8 Å². The van der Waals surface area contributed by atoms with Crippen LogP contribution in [0.1, 0.15) is 69.0 Å². The molecule has 0 saturated heterocycles. The normalized spacial score (nSPS) is 12.3. The van der Waals surface area contributed by atoms with Gasteiger partial charge in [0, 0.05) is 40.4 Å². The Labute approximate surface area is 283 Å². The van der Waals surface area contributed by atoms with Crippen molar-refractivity contribution in [3.05, 3.63) is 132 Å². The van der Waals surface area contributed by atoms with E-state index in [1.165, 1.54) is 39.4 Å². The van der Waals surface area contributed by atoms with Gasteiger partial charge in [-0.1, -0.05) is 76.6 Å². The summed E-state index contributed by atoms with van der Waals surface area (Å²) < 4.78 is 10.9. The quantitative estimate of drug-likeness (QED) is 0.151. The first kappa shape index (κ1) is 31.4. The molecule has 4 aromatic carbocycles. The highest BCUT2D eigenvalue weighted by molar-refractivity contribution is 6.09. The van der Waals surface area contributed by atoms with E-state index < -0.39 is 0 Å². The number of hydrogen-bond donors (Lipinski definition) is 0. The molecule has 1 atom stereocenters. The van der Waals surface area contributed by atoms with E-state index in [-0.39, 0.29) is 0 Å². The largest absolute Gasteiger partial charge is 0.457 e. The van der Waals surface area contributed by atoms with Crippen molar-refractivity contribution in [2.75, 3.05) is 0 Å². The molecule has 3 heterocycles. The second kappa shape index (κ2) is 13.2. The summed E-state index contributed by atoms with van der Waals surface area (Å²) >= 11 is 0. The van der Waals surface area contributed by atoms with E-state index in [0.717, 1.165) is 58.3 Å². The highest BCUT2D eigenvalue weighted by Crippen LogP contribution is 2.38. The maximum absolute atomic E-state index is 6.59. The highest BCUT2D eigenvalue weighted by atomic mass is 16.5. The summed E-state index contributed by atoms with van der Waals surface area (Å²) in [7, 11) is 0. The van der Waals surface area contributed by atoms with Crippen molar-refractivity contribution in [1.29, 1.82) is 0 Å². The van der Waals surface area contributed by atoms with Gasteiger partial charge in [-0.2, -0.15) is 5.10 Å². The molecule has 5 heteroatoms. The second-order valence-corrected chi connectivity index (χ2v) is 13.4. The second-order valence-electron chi connectivity index (χ2n) is 13.4. The standard InChI is InChI=1S/C43H44N4O/c1-7-8-13-32-22-23-44-42(24-32)46-40-21-18-34(29(4)28(2)3)25-39(40)38-20-19-37(27-41(38)46)48-36-17-12-16-35(26-36)47-31(6)43(30(5)45-47)33-14-10-9-11-15-33/h9-12,14-29H,7-8,13H2,1-6H3. The third kappa shape index (κ3) is 5.90. The van der Waals surface area contributed by atoms with E-state index in [0.29, 0.717) is 11.8 Å². The molecule has 1 unspecified atom stereocenters. The van der Waals surface area contributed by atoms with Crippen molar-refractivity contribution in [1.82, 2.24) is 19.3 Å². The summed E-state index contributed by atoms with van der Waals surface area (Å²) in [4.78, 5) is 4.89. The van der Waals surface area contributed by atoms with Gasteiger partial charge in [0.2, 0.25) is 0 Å². The van der Waals surface area contributed by atoms with E-state index in [4.69, 9.17) is 14.8 Å². The van der Waals surface area contributed by atoms with Crippen LogP contribution in [0.5, 0.6) is 11.5 Å². The Balaban J connectivity index is 1.30. The van der Waals surface area contributed by atoms with Crippen molar-refractivity contribution in [3.63, 3.8) is 0 Å². The molecule has 0 bridgehead atoms. The molecule has 0 spiro atoms. The molecule has 0 N–H and O–H groups in total. The molecule has 5 nitrogen and oxygen atoms in total.